The molecule has 3 aliphatic rings. The molecule has 1 spiro atoms. The van der Waals surface area contributed by atoms with Crippen LogP contribution in [0.2, 0.25) is 0 Å². The number of fused-ring (bicyclic) bond motifs is 1. The fourth-order valence-corrected chi connectivity index (χ4v) is 4.79. The minimum atomic E-state index is -0.829. The second kappa shape index (κ2) is 8.77. The van der Waals surface area contributed by atoms with Gasteiger partial charge in [0.2, 0.25) is 5.91 Å². The van der Waals surface area contributed by atoms with Crippen molar-refractivity contribution in [3.63, 3.8) is 0 Å². The van der Waals surface area contributed by atoms with E-state index in [1.165, 1.54) is 0 Å². The zero-order valence-corrected chi connectivity index (χ0v) is 18.3. The van der Waals surface area contributed by atoms with Gasteiger partial charge < -0.3 is 20.1 Å². The molecule has 2 fully saturated rings. The summed E-state index contributed by atoms with van der Waals surface area (Å²) in [6.45, 7) is 4.39. The first-order valence-corrected chi connectivity index (χ1v) is 11.3. The molecule has 2 heterocycles. The van der Waals surface area contributed by atoms with Crippen LogP contribution < -0.4 is 20.1 Å². The largest absolute Gasteiger partial charge is 0.494 e. The van der Waals surface area contributed by atoms with E-state index in [0.29, 0.717) is 25.2 Å². The molecule has 8 nitrogen and oxygen atoms in total. The number of nitrogens with one attached hydrogen (secondary N) is 2. The highest BCUT2D eigenvalue weighted by Gasteiger charge is 2.51. The molecule has 0 aromatic heterocycles. The Balaban J connectivity index is 1.40. The van der Waals surface area contributed by atoms with Gasteiger partial charge in [0.25, 0.3) is 5.91 Å². The predicted octanol–water partition coefficient (Wildman–Crippen LogP) is 2.67. The normalized spacial score (nSPS) is 22.0. The molecule has 1 saturated carbocycles. The summed E-state index contributed by atoms with van der Waals surface area (Å²) < 4.78 is 11.6. The number of urea groups is 1. The Kier molecular flexibility index (Phi) is 6.07. The lowest BCUT2D eigenvalue weighted by Crippen LogP contribution is -2.47. The van der Waals surface area contributed by atoms with E-state index < -0.39 is 11.6 Å². The highest BCUT2D eigenvalue weighted by atomic mass is 16.5. The van der Waals surface area contributed by atoms with Crippen molar-refractivity contribution in [2.24, 2.45) is 0 Å². The summed E-state index contributed by atoms with van der Waals surface area (Å²) in [6, 6.07) is 3.40. The first-order valence-electron chi connectivity index (χ1n) is 11.3. The van der Waals surface area contributed by atoms with Gasteiger partial charge in [-0.3, -0.25) is 14.5 Å². The number of rotatable bonds is 6. The molecule has 1 atom stereocenters. The molecule has 168 valence electrons. The molecule has 0 radical (unpaired) electrons. The Morgan fingerprint density at radius 1 is 1.26 bits per heavy atom. The van der Waals surface area contributed by atoms with Crippen LogP contribution in [0.1, 0.15) is 63.5 Å². The van der Waals surface area contributed by atoms with Gasteiger partial charge in [-0.2, -0.15) is 0 Å². The van der Waals surface area contributed by atoms with Gasteiger partial charge in [0.15, 0.2) is 0 Å². The summed E-state index contributed by atoms with van der Waals surface area (Å²) in [5.74, 6) is 0.868. The Bertz CT molecular complexity index is 876. The lowest BCUT2D eigenvalue weighted by atomic mass is 9.90. The average molecular weight is 430 g/mol. The molecule has 1 saturated heterocycles. The van der Waals surface area contributed by atoms with Gasteiger partial charge in [0.1, 0.15) is 29.7 Å². The summed E-state index contributed by atoms with van der Waals surface area (Å²) in [7, 11) is 0. The lowest BCUT2D eigenvalue weighted by molar-refractivity contribution is -0.135. The molecule has 0 unspecified atom stereocenters. The fourth-order valence-electron chi connectivity index (χ4n) is 4.79. The van der Waals surface area contributed by atoms with E-state index in [4.69, 9.17) is 9.47 Å². The number of carbonyl (C=O) groups is 3. The second-order valence-corrected chi connectivity index (χ2v) is 8.73. The van der Waals surface area contributed by atoms with Crippen LogP contribution in [-0.4, -0.2) is 47.5 Å². The molecule has 4 amide bonds. The first-order chi connectivity index (χ1) is 14.9. The molecule has 8 heteroatoms. The maximum absolute atomic E-state index is 13.0. The van der Waals surface area contributed by atoms with Gasteiger partial charge in [-0.1, -0.05) is 25.7 Å². The minimum Gasteiger partial charge on any atom is -0.494 e. The molecule has 4 rings (SSSR count). The SMILES string of the molecule is CCOc1cc2c(cc1CNC(=O)CN1C(=O)NC3(CCCCCC3)C1=O)O[C@H](C)C2. The van der Waals surface area contributed by atoms with Crippen LogP contribution in [-0.2, 0) is 22.6 Å². The van der Waals surface area contributed by atoms with Gasteiger partial charge in [0.05, 0.1) is 6.61 Å². The van der Waals surface area contributed by atoms with E-state index in [0.717, 1.165) is 53.9 Å². The van der Waals surface area contributed by atoms with Crippen LogP contribution in [0.15, 0.2) is 12.1 Å². The third-order valence-electron chi connectivity index (χ3n) is 6.36. The van der Waals surface area contributed by atoms with Gasteiger partial charge >= 0.3 is 6.03 Å². The van der Waals surface area contributed by atoms with Crippen molar-refractivity contribution in [1.82, 2.24) is 15.5 Å². The van der Waals surface area contributed by atoms with Gasteiger partial charge in [-0.05, 0) is 38.8 Å². The second-order valence-electron chi connectivity index (χ2n) is 8.73. The summed E-state index contributed by atoms with van der Waals surface area (Å²) in [5, 5.41) is 5.69. The summed E-state index contributed by atoms with van der Waals surface area (Å²) in [6.07, 6.45) is 6.17. The zero-order chi connectivity index (χ0) is 22.0. The first kappa shape index (κ1) is 21.5. The van der Waals surface area contributed by atoms with Crippen molar-refractivity contribution in [2.45, 2.75) is 77.0 Å². The van der Waals surface area contributed by atoms with Crippen LogP contribution in [0.4, 0.5) is 4.79 Å². The summed E-state index contributed by atoms with van der Waals surface area (Å²) in [5.41, 5.74) is 1.07. The average Bonchev–Trinajstić information content (AvgIpc) is 3.07. The van der Waals surface area contributed by atoms with Crippen molar-refractivity contribution < 1.29 is 23.9 Å². The monoisotopic (exact) mass is 429 g/mol. The topological polar surface area (TPSA) is 97.0 Å². The number of hydrogen-bond donors (Lipinski definition) is 2. The van der Waals surface area contributed by atoms with Gasteiger partial charge in [0, 0.05) is 24.1 Å². The minimum absolute atomic E-state index is 0.116. The van der Waals surface area contributed by atoms with E-state index in [1.54, 1.807) is 0 Å². The highest BCUT2D eigenvalue weighted by molar-refractivity contribution is 6.09. The number of amides is 4. The molecule has 2 N–H and O–H groups in total. The molecule has 2 aliphatic heterocycles. The molecular weight excluding hydrogens is 398 g/mol. The number of nitrogens with zero attached hydrogens (tertiary/aromatic N) is 1. The number of ether oxygens (including phenoxy) is 2. The van der Waals surface area contributed by atoms with Crippen LogP contribution >= 0.6 is 0 Å². The standard InChI is InChI=1S/C23H31N3O5/c1-3-30-18-11-16-10-15(2)31-19(16)12-17(18)13-24-20(27)14-26-21(28)23(25-22(26)29)8-6-4-5-7-9-23/h11-12,15H,3-10,13-14H2,1-2H3,(H,24,27)(H,25,29)/t15-/m1/s1. The van der Waals surface area contributed by atoms with Crippen LogP contribution in [0, 0.1) is 0 Å². The molecule has 31 heavy (non-hydrogen) atoms. The number of imide groups is 1. The highest BCUT2D eigenvalue weighted by Crippen LogP contribution is 2.35. The maximum Gasteiger partial charge on any atom is 0.325 e. The molecular formula is C23H31N3O5. The van der Waals surface area contributed by atoms with Crippen molar-refractivity contribution in [2.75, 3.05) is 13.2 Å². The van der Waals surface area contributed by atoms with E-state index in [2.05, 4.69) is 10.6 Å². The molecule has 1 aromatic carbocycles. The number of hydrogen-bond acceptors (Lipinski definition) is 5. The fraction of sp³-hybridized carbons (Fsp3) is 0.609. The van der Waals surface area contributed by atoms with Crippen molar-refractivity contribution in [3.05, 3.63) is 23.3 Å². The van der Waals surface area contributed by atoms with E-state index >= 15 is 0 Å². The third kappa shape index (κ3) is 4.34. The molecule has 0 bridgehead atoms. The Hall–Kier alpha value is -2.77. The smallest absolute Gasteiger partial charge is 0.325 e. The molecule has 1 aliphatic carbocycles. The van der Waals surface area contributed by atoms with Crippen LogP contribution in [0.3, 0.4) is 0 Å². The number of benzene rings is 1. The van der Waals surface area contributed by atoms with E-state index in [1.807, 2.05) is 26.0 Å². The van der Waals surface area contributed by atoms with Gasteiger partial charge in [-0.15, -0.1) is 0 Å². The van der Waals surface area contributed by atoms with E-state index in [9.17, 15) is 14.4 Å². The molecule has 1 aromatic rings. The van der Waals surface area contributed by atoms with E-state index in [-0.39, 0.29) is 31.0 Å². The Morgan fingerprint density at radius 2 is 2.00 bits per heavy atom. The third-order valence-corrected chi connectivity index (χ3v) is 6.36. The van der Waals surface area contributed by atoms with Crippen molar-refractivity contribution in [1.29, 1.82) is 0 Å². The Labute approximate surface area is 182 Å². The number of carbonyl (C=O) groups excluding carboxylic acids is 3. The van der Waals surface area contributed by atoms with Crippen molar-refractivity contribution in [3.8, 4) is 11.5 Å². The lowest BCUT2D eigenvalue weighted by Gasteiger charge is -2.24. The predicted molar refractivity (Wildman–Crippen MR) is 114 cm³/mol. The zero-order valence-electron chi connectivity index (χ0n) is 18.3. The van der Waals surface area contributed by atoms with Crippen molar-refractivity contribution >= 4 is 17.8 Å². The van der Waals surface area contributed by atoms with Crippen LogP contribution in [0.25, 0.3) is 0 Å². The maximum atomic E-state index is 13.0. The van der Waals surface area contributed by atoms with Crippen LogP contribution in [0.5, 0.6) is 11.5 Å². The van der Waals surface area contributed by atoms with Gasteiger partial charge in [-0.25, -0.2) is 4.79 Å². The Morgan fingerprint density at radius 3 is 2.71 bits per heavy atom. The quantitative estimate of drug-likeness (QED) is 0.678. The summed E-state index contributed by atoms with van der Waals surface area (Å²) >= 11 is 0. The summed E-state index contributed by atoms with van der Waals surface area (Å²) in [4.78, 5) is 39.1.